The van der Waals surface area contributed by atoms with Gasteiger partial charge in [0.15, 0.2) is 0 Å². The van der Waals surface area contributed by atoms with Crippen LogP contribution in [0, 0.1) is 5.92 Å². The number of nitrogens with zero attached hydrogens (tertiary/aromatic N) is 1. The molecule has 0 N–H and O–H groups in total. The number of rotatable bonds is 5. The van der Waals surface area contributed by atoms with E-state index in [1.807, 2.05) is 0 Å². The van der Waals surface area contributed by atoms with Crippen LogP contribution in [0.2, 0.25) is 0 Å². The van der Waals surface area contributed by atoms with Crippen LogP contribution in [0.25, 0.3) is 0 Å². The van der Waals surface area contributed by atoms with Gasteiger partial charge in [0.2, 0.25) is 0 Å². The van der Waals surface area contributed by atoms with Crippen LogP contribution in [0.3, 0.4) is 0 Å². The molecule has 2 rings (SSSR count). The molecule has 0 saturated carbocycles. The average Bonchev–Trinajstić information content (AvgIpc) is 2.79. The van der Waals surface area contributed by atoms with Crippen molar-refractivity contribution in [2.75, 3.05) is 18.8 Å². The van der Waals surface area contributed by atoms with E-state index in [-0.39, 0.29) is 0 Å². The molecular formula is C14H21NOSe. The minimum absolute atomic E-state index is 0.632. The normalized spacial score (nSPS) is 21.2. The van der Waals surface area contributed by atoms with Crippen LogP contribution in [0.1, 0.15) is 19.4 Å². The molecule has 0 aromatic heterocycles. The molecule has 0 radical (unpaired) electrons. The SMILES string of the molecule is CC(C)[C@@H]1COCN1C[Se]Cc1ccccc1. The molecule has 0 bridgehead atoms. The molecule has 0 spiro atoms. The topological polar surface area (TPSA) is 12.5 Å². The zero-order valence-electron chi connectivity index (χ0n) is 10.6. The first kappa shape index (κ1) is 13.1. The van der Waals surface area contributed by atoms with E-state index < -0.39 is 0 Å². The van der Waals surface area contributed by atoms with Crippen LogP contribution in [-0.4, -0.2) is 44.7 Å². The fourth-order valence-electron chi connectivity index (χ4n) is 2.09. The minimum atomic E-state index is 0.632. The molecule has 0 aliphatic carbocycles. The predicted octanol–water partition coefficient (Wildman–Crippen LogP) is 2.16. The van der Waals surface area contributed by atoms with Gasteiger partial charge in [0.25, 0.3) is 0 Å². The zero-order chi connectivity index (χ0) is 12.1. The van der Waals surface area contributed by atoms with Gasteiger partial charge >= 0.3 is 110 Å². The van der Waals surface area contributed by atoms with Gasteiger partial charge in [-0.05, 0) is 0 Å². The van der Waals surface area contributed by atoms with Crippen LogP contribution in [-0.2, 0) is 10.1 Å². The number of hydrogen-bond acceptors (Lipinski definition) is 2. The Morgan fingerprint density at radius 1 is 1.35 bits per heavy atom. The van der Waals surface area contributed by atoms with Crippen molar-refractivity contribution in [2.24, 2.45) is 5.92 Å². The summed E-state index contributed by atoms with van der Waals surface area (Å²) < 4.78 is 5.57. The standard InChI is InChI=1S/C14H21NOSe/c1-12(2)14-8-16-10-15(14)11-17-9-13-6-4-3-5-7-13/h3-7,12,14H,8-11H2,1-2H3/t14-/m0/s1. The third kappa shape index (κ3) is 3.82. The summed E-state index contributed by atoms with van der Waals surface area (Å²) in [7, 11) is 0. The van der Waals surface area contributed by atoms with Crippen molar-refractivity contribution in [3.8, 4) is 0 Å². The monoisotopic (exact) mass is 299 g/mol. The van der Waals surface area contributed by atoms with Crippen molar-refractivity contribution in [1.82, 2.24) is 4.90 Å². The summed E-state index contributed by atoms with van der Waals surface area (Å²) in [5.41, 5.74) is 2.68. The molecule has 94 valence electrons. The van der Waals surface area contributed by atoms with Crippen LogP contribution in [0.5, 0.6) is 0 Å². The summed E-state index contributed by atoms with van der Waals surface area (Å²) in [6, 6.07) is 11.4. The van der Waals surface area contributed by atoms with Gasteiger partial charge < -0.3 is 0 Å². The van der Waals surface area contributed by atoms with Gasteiger partial charge in [0.05, 0.1) is 0 Å². The van der Waals surface area contributed by atoms with Crippen LogP contribution < -0.4 is 0 Å². The fourth-order valence-corrected chi connectivity index (χ4v) is 4.23. The first-order valence-corrected chi connectivity index (χ1v) is 8.63. The van der Waals surface area contributed by atoms with E-state index in [1.54, 1.807) is 0 Å². The Balaban J connectivity index is 1.75. The maximum absolute atomic E-state index is 5.57. The van der Waals surface area contributed by atoms with Crippen molar-refractivity contribution in [3.63, 3.8) is 0 Å². The molecule has 1 aliphatic heterocycles. The summed E-state index contributed by atoms with van der Waals surface area (Å²) in [5.74, 6) is 0.699. The molecule has 3 heteroatoms. The Bertz CT molecular complexity index is 328. The molecule has 1 aromatic rings. The first-order valence-electron chi connectivity index (χ1n) is 6.21. The van der Waals surface area contributed by atoms with Gasteiger partial charge in [0, 0.05) is 0 Å². The second kappa shape index (κ2) is 6.55. The first-order chi connectivity index (χ1) is 8.27. The number of benzene rings is 1. The molecule has 1 fully saturated rings. The van der Waals surface area contributed by atoms with E-state index >= 15 is 0 Å². The maximum atomic E-state index is 5.57. The van der Waals surface area contributed by atoms with Crippen LogP contribution in [0.4, 0.5) is 0 Å². The van der Waals surface area contributed by atoms with Gasteiger partial charge in [-0.25, -0.2) is 0 Å². The van der Waals surface area contributed by atoms with Gasteiger partial charge in [-0.1, -0.05) is 0 Å². The molecule has 1 atom stereocenters. The molecule has 0 unspecified atom stereocenters. The summed E-state index contributed by atoms with van der Waals surface area (Å²) >= 11 is 0.655. The third-order valence-corrected chi connectivity index (χ3v) is 5.36. The van der Waals surface area contributed by atoms with Gasteiger partial charge in [-0.15, -0.1) is 0 Å². The predicted molar refractivity (Wildman–Crippen MR) is 72.1 cm³/mol. The Morgan fingerprint density at radius 2 is 2.12 bits per heavy atom. The summed E-state index contributed by atoms with van der Waals surface area (Å²) in [6.07, 6.45) is 0. The zero-order valence-corrected chi connectivity index (χ0v) is 12.3. The van der Waals surface area contributed by atoms with Crippen molar-refractivity contribution >= 4 is 15.0 Å². The van der Waals surface area contributed by atoms with Crippen LogP contribution in [0.15, 0.2) is 30.3 Å². The molecule has 1 saturated heterocycles. The molecule has 1 aromatic carbocycles. The average molecular weight is 298 g/mol. The Labute approximate surface area is 110 Å². The van der Waals surface area contributed by atoms with E-state index in [0.717, 1.165) is 13.3 Å². The number of hydrogen-bond donors (Lipinski definition) is 0. The van der Waals surface area contributed by atoms with Crippen molar-refractivity contribution in [1.29, 1.82) is 0 Å². The Morgan fingerprint density at radius 3 is 2.82 bits per heavy atom. The van der Waals surface area contributed by atoms with Crippen molar-refractivity contribution < 1.29 is 4.74 Å². The third-order valence-electron chi connectivity index (χ3n) is 3.15. The second-order valence-corrected chi connectivity index (χ2v) is 6.87. The Kier molecular flexibility index (Phi) is 5.05. The van der Waals surface area contributed by atoms with Gasteiger partial charge in [0.1, 0.15) is 0 Å². The van der Waals surface area contributed by atoms with E-state index in [0.29, 0.717) is 26.9 Å². The molecular weight excluding hydrogens is 277 g/mol. The summed E-state index contributed by atoms with van der Waals surface area (Å²) in [5, 5.41) is 1.23. The second-order valence-electron chi connectivity index (χ2n) is 4.86. The van der Waals surface area contributed by atoms with Crippen molar-refractivity contribution in [2.45, 2.75) is 25.2 Å². The molecule has 1 heterocycles. The molecule has 17 heavy (non-hydrogen) atoms. The van der Waals surface area contributed by atoms with E-state index in [2.05, 4.69) is 49.1 Å². The van der Waals surface area contributed by atoms with Crippen LogP contribution >= 0.6 is 0 Å². The van der Waals surface area contributed by atoms with E-state index in [9.17, 15) is 0 Å². The number of ether oxygens (including phenoxy) is 1. The van der Waals surface area contributed by atoms with Crippen molar-refractivity contribution in [3.05, 3.63) is 35.9 Å². The van der Waals surface area contributed by atoms with E-state index in [1.165, 1.54) is 16.3 Å². The fraction of sp³-hybridized carbons (Fsp3) is 0.571. The molecule has 2 nitrogen and oxygen atoms in total. The van der Waals surface area contributed by atoms with Gasteiger partial charge in [-0.3, -0.25) is 0 Å². The van der Waals surface area contributed by atoms with Gasteiger partial charge in [-0.2, -0.15) is 0 Å². The summed E-state index contributed by atoms with van der Waals surface area (Å²) in [6.45, 7) is 6.32. The molecule has 1 aliphatic rings. The van der Waals surface area contributed by atoms with E-state index in [4.69, 9.17) is 4.74 Å². The molecule has 0 amide bonds. The summed E-state index contributed by atoms with van der Waals surface area (Å²) in [4.78, 5) is 2.51. The quantitative estimate of drug-likeness (QED) is 0.773. The Hall–Kier alpha value is -0.341.